The maximum absolute atomic E-state index is 11.1. The highest BCUT2D eigenvalue weighted by Gasteiger charge is 2.15. The topological polar surface area (TPSA) is 29.5 Å². The fraction of sp³-hybridized carbons (Fsp3) is 0.875. The van der Waals surface area contributed by atoms with Crippen LogP contribution in [0.25, 0.3) is 0 Å². The molecule has 1 unspecified atom stereocenters. The van der Waals surface area contributed by atoms with Gasteiger partial charge in [-0.3, -0.25) is 9.69 Å². The standard InChI is InChI=1S/C8H17NO2/c1-5-6-11-8(10)7(2)9(3)4/h7H,5-6H2,1-4H3. The van der Waals surface area contributed by atoms with Crippen LogP contribution < -0.4 is 0 Å². The fourth-order valence-corrected chi connectivity index (χ4v) is 0.534. The van der Waals surface area contributed by atoms with Crippen molar-refractivity contribution in [1.82, 2.24) is 4.90 Å². The molecular formula is C8H17NO2. The number of carbonyl (C=O) groups is 1. The van der Waals surface area contributed by atoms with E-state index in [-0.39, 0.29) is 12.0 Å². The first-order valence-corrected chi connectivity index (χ1v) is 3.92. The van der Waals surface area contributed by atoms with Crippen LogP contribution >= 0.6 is 0 Å². The summed E-state index contributed by atoms with van der Waals surface area (Å²) in [5, 5.41) is 0. The molecule has 0 aromatic heterocycles. The van der Waals surface area contributed by atoms with Gasteiger partial charge in [-0.15, -0.1) is 0 Å². The zero-order valence-electron chi connectivity index (χ0n) is 7.76. The lowest BCUT2D eigenvalue weighted by atomic mass is 10.3. The third-order valence-corrected chi connectivity index (χ3v) is 1.56. The van der Waals surface area contributed by atoms with Gasteiger partial charge in [-0.1, -0.05) is 6.92 Å². The normalized spacial score (nSPS) is 13.2. The molecule has 0 fully saturated rings. The summed E-state index contributed by atoms with van der Waals surface area (Å²) in [5.41, 5.74) is 0. The van der Waals surface area contributed by atoms with Gasteiger partial charge in [0.1, 0.15) is 6.04 Å². The van der Waals surface area contributed by atoms with Crippen molar-refractivity contribution in [1.29, 1.82) is 0 Å². The second-order valence-electron chi connectivity index (χ2n) is 2.81. The average Bonchev–Trinajstić information content (AvgIpc) is 1.98. The van der Waals surface area contributed by atoms with Crippen molar-refractivity contribution in [2.24, 2.45) is 0 Å². The molecule has 0 heterocycles. The third-order valence-electron chi connectivity index (χ3n) is 1.56. The van der Waals surface area contributed by atoms with Crippen LogP contribution in [0.5, 0.6) is 0 Å². The Morgan fingerprint density at radius 3 is 2.45 bits per heavy atom. The van der Waals surface area contributed by atoms with Crippen molar-refractivity contribution >= 4 is 5.97 Å². The van der Waals surface area contributed by atoms with Gasteiger partial charge in [0.05, 0.1) is 6.61 Å². The van der Waals surface area contributed by atoms with Crippen LogP contribution in [-0.2, 0) is 9.53 Å². The van der Waals surface area contributed by atoms with Crippen LogP contribution in [0.2, 0.25) is 0 Å². The third kappa shape index (κ3) is 3.98. The lowest BCUT2D eigenvalue weighted by Crippen LogP contribution is -2.34. The van der Waals surface area contributed by atoms with Crippen LogP contribution in [0.3, 0.4) is 0 Å². The molecule has 11 heavy (non-hydrogen) atoms. The minimum absolute atomic E-state index is 0.137. The van der Waals surface area contributed by atoms with Gasteiger partial charge in [-0.25, -0.2) is 0 Å². The van der Waals surface area contributed by atoms with E-state index in [0.717, 1.165) is 6.42 Å². The highest BCUT2D eigenvalue weighted by atomic mass is 16.5. The van der Waals surface area contributed by atoms with Crippen molar-refractivity contribution in [3.8, 4) is 0 Å². The number of nitrogens with zero attached hydrogens (tertiary/aromatic N) is 1. The van der Waals surface area contributed by atoms with Crippen molar-refractivity contribution < 1.29 is 9.53 Å². The Balaban J connectivity index is 3.64. The molecule has 0 aromatic carbocycles. The van der Waals surface area contributed by atoms with Crippen LogP contribution in [-0.4, -0.2) is 37.6 Å². The number of rotatable bonds is 4. The van der Waals surface area contributed by atoms with E-state index in [1.807, 2.05) is 32.8 Å². The van der Waals surface area contributed by atoms with Gasteiger partial charge in [0.25, 0.3) is 0 Å². The Morgan fingerprint density at radius 2 is 2.09 bits per heavy atom. The lowest BCUT2D eigenvalue weighted by molar-refractivity contribution is -0.148. The zero-order valence-corrected chi connectivity index (χ0v) is 7.76. The van der Waals surface area contributed by atoms with Crippen LogP contribution in [0.15, 0.2) is 0 Å². The molecule has 0 aliphatic carbocycles. The maximum atomic E-state index is 11.1. The first-order chi connectivity index (χ1) is 5.09. The van der Waals surface area contributed by atoms with Gasteiger partial charge in [0.15, 0.2) is 0 Å². The van der Waals surface area contributed by atoms with E-state index in [0.29, 0.717) is 6.61 Å². The van der Waals surface area contributed by atoms with Crippen LogP contribution in [0.4, 0.5) is 0 Å². The molecule has 0 amide bonds. The highest BCUT2D eigenvalue weighted by molar-refractivity contribution is 5.75. The average molecular weight is 159 g/mol. The quantitative estimate of drug-likeness (QED) is 0.570. The number of hydrogen-bond donors (Lipinski definition) is 0. The summed E-state index contributed by atoms with van der Waals surface area (Å²) in [5.74, 6) is -0.142. The summed E-state index contributed by atoms with van der Waals surface area (Å²) in [7, 11) is 3.72. The Labute approximate surface area is 68.3 Å². The van der Waals surface area contributed by atoms with Gasteiger partial charge >= 0.3 is 5.97 Å². The summed E-state index contributed by atoms with van der Waals surface area (Å²) < 4.78 is 4.93. The molecule has 0 saturated heterocycles. The molecule has 0 aliphatic rings. The zero-order chi connectivity index (χ0) is 8.85. The Hall–Kier alpha value is -0.570. The van der Waals surface area contributed by atoms with E-state index in [2.05, 4.69) is 0 Å². The molecule has 0 bridgehead atoms. The number of hydrogen-bond acceptors (Lipinski definition) is 3. The Bertz CT molecular complexity index is 123. The number of ether oxygens (including phenoxy) is 1. The summed E-state index contributed by atoms with van der Waals surface area (Å²) >= 11 is 0. The summed E-state index contributed by atoms with van der Waals surface area (Å²) in [4.78, 5) is 12.9. The summed E-state index contributed by atoms with van der Waals surface area (Å²) in [6.45, 7) is 4.34. The fourth-order valence-electron chi connectivity index (χ4n) is 0.534. The molecule has 0 rings (SSSR count). The van der Waals surface area contributed by atoms with Crippen molar-refractivity contribution in [3.05, 3.63) is 0 Å². The number of likely N-dealkylation sites (N-methyl/N-ethyl adjacent to an activating group) is 1. The SMILES string of the molecule is CCCOC(=O)C(C)N(C)C. The molecule has 0 aromatic rings. The molecule has 0 N–H and O–H groups in total. The molecule has 3 nitrogen and oxygen atoms in total. The Morgan fingerprint density at radius 1 is 1.55 bits per heavy atom. The first-order valence-electron chi connectivity index (χ1n) is 3.92. The molecular weight excluding hydrogens is 142 g/mol. The molecule has 1 atom stereocenters. The van der Waals surface area contributed by atoms with Gasteiger partial charge in [-0.2, -0.15) is 0 Å². The first kappa shape index (κ1) is 10.4. The van der Waals surface area contributed by atoms with Gasteiger partial charge in [-0.05, 0) is 27.4 Å². The molecule has 66 valence electrons. The number of esters is 1. The second-order valence-corrected chi connectivity index (χ2v) is 2.81. The van der Waals surface area contributed by atoms with Crippen molar-refractivity contribution in [3.63, 3.8) is 0 Å². The summed E-state index contributed by atoms with van der Waals surface area (Å²) in [6, 6.07) is -0.137. The molecule has 0 aliphatic heterocycles. The van der Waals surface area contributed by atoms with E-state index in [1.54, 1.807) is 0 Å². The van der Waals surface area contributed by atoms with Crippen molar-refractivity contribution in [2.45, 2.75) is 26.3 Å². The van der Waals surface area contributed by atoms with E-state index < -0.39 is 0 Å². The monoisotopic (exact) mass is 159 g/mol. The number of carbonyl (C=O) groups excluding carboxylic acids is 1. The van der Waals surface area contributed by atoms with E-state index in [4.69, 9.17) is 4.74 Å². The minimum Gasteiger partial charge on any atom is -0.465 e. The largest absolute Gasteiger partial charge is 0.465 e. The summed E-state index contributed by atoms with van der Waals surface area (Å²) in [6.07, 6.45) is 0.881. The van der Waals surface area contributed by atoms with Gasteiger partial charge < -0.3 is 4.74 Å². The molecule has 0 radical (unpaired) electrons. The van der Waals surface area contributed by atoms with Gasteiger partial charge in [0.2, 0.25) is 0 Å². The lowest BCUT2D eigenvalue weighted by Gasteiger charge is -2.17. The smallest absolute Gasteiger partial charge is 0.323 e. The van der Waals surface area contributed by atoms with Crippen LogP contribution in [0, 0.1) is 0 Å². The molecule has 3 heteroatoms. The van der Waals surface area contributed by atoms with Gasteiger partial charge in [0, 0.05) is 0 Å². The van der Waals surface area contributed by atoms with E-state index >= 15 is 0 Å². The van der Waals surface area contributed by atoms with Crippen LogP contribution in [0.1, 0.15) is 20.3 Å². The second kappa shape index (κ2) is 5.13. The van der Waals surface area contributed by atoms with E-state index in [9.17, 15) is 4.79 Å². The predicted molar refractivity (Wildman–Crippen MR) is 44.4 cm³/mol. The maximum Gasteiger partial charge on any atom is 0.323 e. The molecule has 0 saturated carbocycles. The Kier molecular flexibility index (Phi) is 4.86. The highest BCUT2D eigenvalue weighted by Crippen LogP contribution is 1.95. The predicted octanol–water partition coefficient (Wildman–Crippen LogP) is 0.890. The van der Waals surface area contributed by atoms with E-state index in [1.165, 1.54) is 0 Å². The minimum atomic E-state index is -0.142. The molecule has 0 spiro atoms. The van der Waals surface area contributed by atoms with Crippen molar-refractivity contribution in [2.75, 3.05) is 20.7 Å².